The van der Waals surface area contributed by atoms with Gasteiger partial charge in [-0.15, -0.1) is 0 Å². The first-order valence-electron chi connectivity index (χ1n) is 5.72. The molecule has 1 aromatic carbocycles. The minimum atomic E-state index is -0.147. The number of rotatable bonds is 3. The van der Waals surface area contributed by atoms with Crippen LogP contribution in [0.2, 0.25) is 5.15 Å². The van der Waals surface area contributed by atoms with E-state index in [1.54, 1.807) is 23.1 Å². The van der Waals surface area contributed by atoms with E-state index in [1.165, 1.54) is 0 Å². The second-order valence-electron chi connectivity index (χ2n) is 3.73. The lowest BCUT2D eigenvalue weighted by molar-refractivity contribution is 0.0983. The van der Waals surface area contributed by atoms with E-state index in [0.717, 1.165) is 5.69 Å². The molecule has 18 heavy (non-hydrogen) atoms. The van der Waals surface area contributed by atoms with E-state index in [9.17, 15) is 4.79 Å². The maximum absolute atomic E-state index is 12.3. The van der Waals surface area contributed by atoms with Gasteiger partial charge in [-0.2, -0.15) is 0 Å². The van der Waals surface area contributed by atoms with Crippen LogP contribution in [0.5, 0.6) is 0 Å². The standard InChI is InChI=1S/C14H13ClN2O/c1-2-17(11-7-4-3-5-8-11)14(18)12-9-6-10-13(15)16-12/h3-10H,2H2,1H3. The van der Waals surface area contributed by atoms with Crippen LogP contribution in [-0.2, 0) is 0 Å². The summed E-state index contributed by atoms with van der Waals surface area (Å²) < 4.78 is 0. The van der Waals surface area contributed by atoms with Gasteiger partial charge in [-0.1, -0.05) is 35.9 Å². The van der Waals surface area contributed by atoms with Gasteiger partial charge in [0.25, 0.3) is 5.91 Å². The highest BCUT2D eigenvalue weighted by Gasteiger charge is 2.17. The highest BCUT2D eigenvalue weighted by Crippen LogP contribution is 2.16. The summed E-state index contributed by atoms with van der Waals surface area (Å²) in [5.74, 6) is -0.147. The average Bonchev–Trinajstić information content (AvgIpc) is 2.41. The molecule has 3 nitrogen and oxygen atoms in total. The first kappa shape index (κ1) is 12.6. The number of para-hydroxylation sites is 1. The average molecular weight is 261 g/mol. The van der Waals surface area contributed by atoms with Crippen molar-refractivity contribution in [2.45, 2.75) is 6.92 Å². The lowest BCUT2D eigenvalue weighted by Gasteiger charge is -2.20. The van der Waals surface area contributed by atoms with Gasteiger partial charge in [-0.25, -0.2) is 4.98 Å². The molecule has 0 saturated carbocycles. The Bertz CT molecular complexity index is 543. The molecular formula is C14H13ClN2O. The van der Waals surface area contributed by atoms with E-state index in [1.807, 2.05) is 37.3 Å². The van der Waals surface area contributed by atoms with Crippen LogP contribution >= 0.6 is 11.6 Å². The second kappa shape index (κ2) is 5.65. The summed E-state index contributed by atoms with van der Waals surface area (Å²) >= 11 is 5.80. The molecule has 1 heterocycles. The maximum Gasteiger partial charge on any atom is 0.276 e. The number of aromatic nitrogens is 1. The van der Waals surface area contributed by atoms with Gasteiger partial charge in [-0.05, 0) is 31.2 Å². The van der Waals surface area contributed by atoms with E-state index in [0.29, 0.717) is 17.4 Å². The summed E-state index contributed by atoms with van der Waals surface area (Å²) in [6.45, 7) is 2.51. The Kier molecular flexibility index (Phi) is 3.95. The summed E-state index contributed by atoms with van der Waals surface area (Å²) in [6, 6.07) is 14.5. The molecule has 0 fully saturated rings. The zero-order valence-electron chi connectivity index (χ0n) is 10.0. The quantitative estimate of drug-likeness (QED) is 0.793. The predicted octanol–water partition coefficient (Wildman–Crippen LogP) is 3.40. The number of anilines is 1. The third-order valence-electron chi connectivity index (χ3n) is 2.56. The SMILES string of the molecule is CCN(C(=O)c1cccc(Cl)n1)c1ccccc1. The van der Waals surface area contributed by atoms with Crippen LogP contribution in [-0.4, -0.2) is 17.4 Å². The van der Waals surface area contributed by atoms with Crippen molar-refractivity contribution in [1.82, 2.24) is 4.98 Å². The van der Waals surface area contributed by atoms with E-state index in [2.05, 4.69) is 4.98 Å². The molecule has 2 aromatic rings. The fourth-order valence-corrected chi connectivity index (χ4v) is 1.88. The van der Waals surface area contributed by atoms with Crippen LogP contribution in [0.1, 0.15) is 17.4 Å². The van der Waals surface area contributed by atoms with Crippen molar-refractivity contribution in [3.8, 4) is 0 Å². The normalized spacial score (nSPS) is 10.1. The van der Waals surface area contributed by atoms with Crippen molar-refractivity contribution in [1.29, 1.82) is 0 Å². The summed E-state index contributed by atoms with van der Waals surface area (Å²) in [6.07, 6.45) is 0. The molecule has 0 spiro atoms. The number of benzene rings is 1. The van der Waals surface area contributed by atoms with E-state index < -0.39 is 0 Å². The van der Waals surface area contributed by atoms with Crippen LogP contribution in [0.25, 0.3) is 0 Å². The number of pyridine rings is 1. The Morgan fingerprint density at radius 3 is 2.50 bits per heavy atom. The number of carbonyl (C=O) groups is 1. The molecule has 0 aliphatic carbocycles. The highest BCUT2D eigenvalue weighted by atomic mass is 35.5. The zero-order valence-corrected chi connectivity index (χ0v) is 10.8. The lowest BCUT2D eigenvalue weighted by atomic mass is 10.2. The number of nitrogens with zero attached hydrogens (tertiary/aromatic N) is 2. The van der Waals surface area contributed by atoms with Crippen molar-refractivity contribution in [2.24, 2.45) is 0 Å². The zero-order chi connectivity index (χ0) is 13.0. The summed E-state index contributed by atoms with van der Waals surface area (Å²) in [7, 11) is 0. The number of halogens is 1. The van der Waals surface area contributed by atoms with Gasteiger partial charge >= 0.3 is 0 Å². The Labute approximate surface area is 111 Å². The van der Waals surface area contributed by atoms with Gasteiger partial charge < -0.3 is 4.90 Å². The van der Waals surface area contributed by atoms with Crippen molar-refractivity contribution in [3.63, 3.8) is 0 Å². The molecule has 0 aliphatic heterocycles. The van der Waals surface area contributed by atoms with Crippen molar-refractivity contribution in [3.05, 3.63) is 59.4 Å². The Balaban J connectivity index is 2.32. The molecule has 4 heteroatoms. The molecular weight excluding hydrogens is 248 g/mol. The van der Waals surface area contributed by atoms with Crippen LogP contribution in [0, 0.1) is 0 Å². The fraction of sp³-hybridized carbons (Fsp3) is 0.143. The van der Waals surface area contributed by atoms with Crippen LogP contribution < -0.4 is 4.90 Å². The summed E-state index contributed by atoms with van der Waals surface area (Å²) in [5.41, 5.74) is 1.21. The first-order valence-corrected chi connectivity index (χ1v) is 6.09. The van der Waals surface area contributed by atoms with E-state index >= 15 is 0 Å². The Morgan fingerprint density at radius 2 is 1.89 bits per heavy atom. The predicted molar refractivity (Wildman–Crippen MR) is 73.0 cm³/mol. The Morgan fingerprint density at radius 1 is 1.17 bits per heavy atom. The summed E-state index contributed by atoms with van der Waals surface area (Å²) in [5, 5.41) is 0.324. The lowest BCUT2D eigenvalue weighted by Crippen LogP contribution is -2.31. The van der Waals surface area contributed by atoms with Gasteiger partial charge in [0.05, 0.1) is 0 Å². The van der Waals surface area contributed by atoms with Crippen molar-refractivity contribution >= 4 is 23.2 Å². The van der Waals surface area contributed by atoms with Crippen molar-refractivity contribution < 1.29 is 4.79 Å². The maximum atomic E-state index is 12.3. The molecule has 0 bridgehead atoms. The monoisotopic (exact) mass is 260 g/mol. The van der Waals surface area contributed by atoms with Crippen LogP contribution in [0.15, 0.2) is 48.5 Å². The molecule has 92 valence electrons. The van der Waals surface area contributed by atoms with Gasteiger partial charge in [-0.3, -0.25) is 4.79 Å². The van der Waals surface area contributed by atoms with Crippen LogP contribution in [0.3, 0.4) is 0 Å². The summed E-state index contributed by atoms with van der Waals surface area (Å²) in [4.78, 5) is 18.0. The minimum absolute atomic E-state index is 0.147. The molecule has 0 atom stereocenters. The third kappa shape index (κ3) is 2.68. The number of hydrogen-bond donors (Lipinski definition) is 0. The van der Waals surface area contributed by atoms with Crippen LogP contribution in [0.4, 0.5) is 5.69 Å². The number of amides is 1. The molecule has 2 rings (SSSR count). The molecule has 0 N–H and O–H groups in total. The van der Waals surface area contributed by atoms with Gasteiger partial charge in [0.1, 0.15) is 10.8 Å². The number of hydrogen-bond acceptors (Lipinski definition) is 2. The van der Waals surface area contributed by atoms with Gasteiger partial charge in [0, 0.05) is 12.2 Å². The second-order valence-corrected chi connectivity index (χ2v) is 4.12. The number of carbonyl (C=O) groups excluding carboxylic acids is 1. The Hall–Kier alpha value is -1.87. The van der Waals surface area contributed by atoms with Gasteiger partial charge in [0.2, 0.25) is 0 Å². The largest absolute Gasteiger partial charge is 0.307 e. The van der Waals surface area contributed by atoms with Crippen molar-refractivity contribution in [2.75, 3.05) is 11.4 Å². The third-order valence-corrected chi connectivity index (χ3v) is 2.77. The fourth-order valence-electron chi connectivity index (χ4n) is 1.72. The first-order chi connectivity index (χ1) is 8.72. The molecule has 0 radical (unpaired) electrons. The molecule has 0 aliphatic rings. The van der Waals surface area contributed by atoms with Gasteiger partial charge in [0.15, 0.2) is 0 Å². The topological polar surface area (TPSA) is 33.2 Å². The smallest absolute Gasteiger partial charge is 0.276 e. The molecule has 1 amide bonds. The minimum Gasteiger partial charge on any atom is -0.307 e. The van der Waals surface area contributed by atoms with E-state index in [4.69, 9.17) is 11.6 Å². The van der Waals surface area contributed by atoms with E-state index in [-0.39, 0.29) is 5.91 Å². The molecule has 0 saturated heterocycles. The molecule has 1 aromatic heterocycles. The molecule has 0 unspecified atom stereocenters. The highest BCUT2D eigenvalue weighted by molar-refractivity contribution is 6.29.